The first-order chi connectivity index (χ1) is 3.55. The Hall–Kier alpha value is -0.0800. The smallest absolute Gasteiger partial charge is 0.0819 e. The standard InChI is InChI=1S/C6H14O2/c1-4(2)6(8)5(3)7/h4-8H,1-3H3/t5-,6+/m0/s1. The van der Waals surface area contributed by atoms with E-state index in [1.54, 1.807) is 6.92 Å². The van der Waals surface area contributed by atoms with Gasteiger partial charge in [0.2, 0.25) is 0 Å². The SMILES string of the molecule is CC(C)[C@@H](O)[C@H](C)O. The molecule has 0 rings (SSSR count). The summed E-state index contributed by atoms with van der Waals surface area (Å²) in [7, 11) is 0. The normalized spacial score (nSPS) is 18.8. The third-order valence-electron chi connectivity index (χ3n) is 1.18. The van der Waals surface area contributed by atoms with Gasteiger partial charge in [-0.25, -0.2) is 0 Å². The van der Waals surface area contributed by atoms with Crippen LogP contribution < -0.4 is 0 Å². The maximum absolute atomic E-state index is 8.95. The van der Waals surface area contributed by atoms with Crippen molar-refractivity contribution in [2.24, 2.45) is 5.92 Å². The van der Waals surface area contributed by atoms with Crippen molar-refractivity contribution in [2.75, 3.05) is 0 Å². The van der Waals surface area contributed by atoms with Crippen molar-refractivity contribution < 1.29 is 10.2 Å². The first-order valence-corrected chi connectivity index (χ1v) is 2.92. The van der Waals surface area contributed by atoms with Crippen LogP contribution in [0.15, 0.2) is 0 Å². The van der Waals surface area contributed by atoms with E-state index in [0.717, 1.165) is 0 Å². The molecule has 2 N–H and O–H groups in total. The molecule has 0 bridgehead atoms. The average Bonchev–Trinajstić information content (AvgIpc) is 1.64. The summed E-state index contributed by atoms with van der Waals surface area (Å²) in [4.78, 5) is 0. The van der Waals surface area contributed by atoms with Crippen molar-refractivity contribution in [3.05, 3.63) is 0 Å². The molecule has 0 spiro atoms. The van der Waals surface area contributed by atoms with E-state index in [2.05, 4.69) is 0 Å². The van der Waals surface area contributed by atoms with Crippen molar-refractivity contribution in [2.45, 2.75) is 33.0 Å². The van der Waals surface area contributed by atoms with Gasteiger partial charge in [0.1, 0.15) is 0 Å². The molecule has 0 saturated carbocycles. The van der Waals surface area contributed by atoms with Crippen LogP contribution in [0, 0.1) is 5.92 Å². The molecule has 0 saturated heterocycles. The zero-order valence-electron chi connectivity index (χ0n) is 5.63. The van der Waals surface area contributed by atoms with Crippen molar-refractivity contribution in [3.8, 4) is 0 Å². The van der Waals surface area contributed by atoms with Gasteiger partial charge < -0.3 is 10.2 Å². The van der Waals surface area contributed by atoms with Crippen molar-refractivity contribution in [3.63, 3.8) is 0 Å². The van der Waals surface area contributed by atoms with E-state index in [-0.39, 0.29) is 5.92 Å². The highest BCUT2D eigenvalue weighted by molar-refractivity contribution is 4.64. The Balaban J connectivity index is 3.46. The van der Waals surface area contributed by atoms with Gasteiger partial charge in [0.05, 0.1) is 12.2 Å². The van der Waals surface area contributed by atoms with Crippen LogP contribution in [-0.2, 0) is 0 Å². The first-order valence-electron chi connectivity index (χ1n) is 2.92. The van der Waals surface area contributed by atoms with E-state index < -0.39 is 12.2 Å². The Morgan fingerprint density at radius 2 is 1.38 bits per heavy atom. The van der Waals surface area contributed by atoms with Gasteiger partial charge in [-0.1, -0.05) is 13.8 Å². The molecule has 0 aliphatic rings. The van der Waals surface area contributed by atoms with Crippen LogP contribution in [0.3, 0.4) is 0 Å². The number of hydrogen-bond donors (Lipinski definition) is 2. The summed E-state index contributed by atoms with van der Waals surface area (Å²) < 4.78 is 0. The van der Waals surface area contributed by atoms with E-state index in [9.17, 15) is 0 Å². The molecule has 0 aromatic heterocycles. The molecule has 0 heterocycles. The summed E-state index contributed by atoms with van der Waals surface area (Å²) >= 11 is 0. The van der Waals surface area contributed by atoms with E-state index in [4.69, 9.17) is 10.2 Å². The minimum Gasteiger partial charge on any atom is -0.391 e. The predicted molar refractivity (Wildman–Crippen MR) is 32.5 cm³/mol. The summed E-state index contributed by atoms with van der Waals surface area (Å²) in [5.74, 6) is 0.148. The van der Waals surface area contributed by atoms with Gasteiger partial charge in [-0.15, -0.1) is 0 Å². The van der Waals surface area contributed by atoms with Gasteiger partial charge in [-0.3, -0.25) is 0 Å². The van der Waals surface area contributed by atoms with Crippen LogP contribution >= 0.6 is 0 Å². The molecular weight excluding hydrogens is 104 g/mol. The zero-order chi connectivity index (χ0) is 6.73. The minimum atomic E-state index is -0.602. The molecule has 0 radical (unpaired) electrons. The van der Waals surface area contributed by atoms with Gasteiger partial charge in [0.25, 0.3) is 0 Å². The number of hydrogen-bond acceptors (Lipinski definition) is 2. The maximum atomic E-state index is 8.95. The molecule has 2 atom stereocenters. The fourth-order valence-electron chi connectivity index (χ4n) is 0.557. The molecule has 0 unspecified atom stereocenters. The van der Waals surface area contributed by atoms with Gasteiger partial charge in [-0.05, 0) is 12.8 Å². The van der Waals surface area contributed by atoms with E-state index >= 15 is 0 Å². The fourth-order valence-corrected chi connectivity index (χ4v) is 0.557. The summed E-state index contributed by atoms with van der Waals surface area (Å²) in [6.07, 6.45) is -1.18. The quantitative estimate of drug-likeness (QED) is 0.550. The van der Waals surface area contributed by atoms with E-state index in [1.165, 1.54) is 0 Å². The molecule has 0 aliphatic heterocycles. The van der Waals surface area contributed by atoms with E-state index in [0.29, 0.717) is 0 Å². The third-order valence-corrected chi connectivity index (χ3v) is 1.18. The van der Waals surface area contributed by atoms with Crippen molar-refractivity contribution in [1.29, 1.82) is 0 Å². The Morgan fingerprint density at radius 1 is 1.00 bits per heavy atom. The monoisotopic (exact) mass is 118 g/mol. The van der Waals surface area contributed by atoms with Crippen LogP contribution in [0.2, 0.25) is 0 Å². The molecule has 2 heteroatoms. The molecule has 0 fully saturated rings. The largest absolute Gasteiger partial charge is 0.391 e. The van der Waals surface area contributed by atoms with Crippen molar-refractivity contribution >= 4 is 0 Å². The fraction of sp³-hybridized carbons (Fsp3) is 1.00. The Kier molecular flexibility index (Phi) is 3.02. The summed E-state index contributed by atoms with van der Waals surface area (Å²) in [5.41, 5.74) is 0. The van der Waals surface area contributed by atoms with E-state index in [1.807, 2.05) is 13.8 Å². The summed E-state index contributed by atoms with van der Waals surface area (Å²) in [5, 5.41) is 17.7. The second kappa shape index (κ2) is 3.05. The third kappa shape index (κ3) is 2.28. The Bertz CT molecular complexity index is 51.5. The topological polar surface area (TPSA) is 40.5 Å². The lowest BCUT2D eigenvalue weighted by molar-refractivity contribution is 0.00273. The second-order valence-electron chi connectivity index (χ2n) is 2.48. The van der Waals surface area contributed by atoms with Crippen LogP contribution in [0.4, 0.5) is 0 Å². The van der Waals surface area contributed by atoms with Gasteiger partial charge in [-0.2, -0.15) is 0 Å². The lowest BCUT2D eigenvalue weighted by atomic mass is 10.0. The maximum Gasteiger partial charge on any atom is 0.0819 e. The van der Waals surface area contributed by atoms with Crippen LogP contribution in [-0.4, -0.2) is 22.4 Å². The minimum absolute atomic E-state index is 0.148. The molecule has 0 aliphatic carbocycles. The van der Waals surface area contributed by atoms with Gasteiger partial charge >= 0.3 is 0 Å². The Morgan fingerprint density at radius 3 is 1.38 bits per heavy atom. The lowest BCUT2D eigenvalue weighted by Crippen LogP contribution is -2.27. The number of aliphatic hydroxyl groups is 2. The average molecular weight is 118 g/mol. The molecule has 0 amide bonds. The molecule has 8 heavy (non-hydrogen) atoms. The van der Waals surface area contributed by atoms with Gasteiger partial charge in [0, 0.05) is 0 Å². The van der Waals surface area contributed by atoms with Crippen LogP contribution in [0.5, 0.6) is 0 Å². The van der Waals surface area contributed by atoms with Crippen molar-refractivity contribution in [1.82, 2.24) is 0 Å². The first kappa shape index (κ1) is 7.92. The molecule has 0 aromatic rings. The number of rotatable bonds is 2. The molecule has 2 nitrogen and oxygen atoms in total. The lowest BCUT2D eigenvalue weighted by Gasteiger charge is -2.16. The Labute approximate surface area is 50.2 Å². The molecular formula is C6H14O2. The number of aliphatic hydroxyl groups excluding tert-OH is 2. The summed E-state index contributed by atoms with van der Waals surface area (Å²) in [6.45, 7) is 5.33. The van der Waals surface area contributed by atoms with Crippen LogP contribution in [0.25, 0.3) is 0 Å². The summed E-state index contributed by atoms with van der Waals surface area (Å²) in [6, 6.07) is 0. The zero-order valence-corrected chi connectivity index (χ0v) is 5.63. The molecule has 0 aromatic carbocycles. The second-order valence-corrected chi connectivity index (χ2v) is 2.48. The van der Waals surface area contributed by atoms with Crippen LogP contribution in [0.1, 0.15) is 20.8 Å². The molecule has 50 valence electrons. The highest BCUT2D eigenvalue weighted by atomic mass is 16.3. The predicted octanol–water partition coefficient (Wildman–Crippen LogP) is 0.384. The highest BCUT2D eigenvalue weighted by Gasteiger charge is 2.13. The van der Waals surface area contributed by atoms with Gasteiger partial charge in [0.15, 0.2) is 0 Å². The highest BCUT2D eigenvalue weighted by Crippen LogP contribution is 2.04.